The number of hydrogen-bond donors (Lipinski definition) is 2. The molecule has 5 heteroatoms. The van der Waals surface area contributed by atoms with Gasteiger partial charge in [-0.2, -0.15) is 0 Å². The van der Waals surface area contributed by atoms with Gasteiger partial charge in [-0.15, -0.1) is 0 Å². The van der Waals surface area contributed by atoms with E-state index in [1.165, 1.54) is 0 Å². The van der Waals surface area contributed by atoms with Crippen LogP contribution in [0, 0.1) is 5.41 Å². The molecule has 5 aromatic rings. The molecule has 27 heavy (non-hydrogen) atoms. The van der Waals surface area contributed by atoms with Crippen molar-refractivity contribution in [3.63, 3.8) is 0 Å². The van der Waals surface area contributed by atoms with Crippen molar-refractivity contribution in [1.82, 2.24) is 9.13 Å². The largest absolute Gasteiger partial charge is 0.369 e. The van der Waals surface area contributed by atoms with Gasteiger partial charge in [-0.05, 0) is 36.4 Å². The second-order valence-electron chi connectivity index (χ2n) is 6.42. The van der Waals surface area contributed by atoms with Crippen LogP contribution >= 0.6 is 0 Å². The topological polar surface area (TPSA) is 72.1 Å². The van der Waals surface area contributed by atoms with Crippen molar-refractivity contribution in [1.29, 1.82) is 5.41 Å². The summed E-state index contributed by atoms with van der Waals surface area (Å²) in [6, 6.07) is 24.8. The second kappa shape index (κ2) is 5.85. The van der Waals surface area contributed by atoms with Crippen LogP contribution in [0.15, 0.2) is 84.0 Å². The van der Waals surface area contributed by atoms with Crippen molar-refractivity contribution in [2.75, 3.05) is 0 Å². The monoisotopic (exact) mass is 351 g/mol. The molecule has 0 aliphatic heterocycles. The fraction of sp³-hybridized carbons (Fsp3) is 0. The first-order valence-corrected chi connectivity index (χ1v) is 8.70. The highest BCUT2D eigenvalue weighted by Crippen LogP contribution is 2.33. The molecule has 3 aromatic carbocycles. The van der Waals surface area contributed by atoms with Gasteiger partial charge in [0.15, 0.2) is 0 Å². The minimum absolute atomic E-state index is 0.286. The molecule has 0 radical (unpaired) electrons. The van der Waals surface area contributed by atoms with Crippen molar-refractivity contribution in [2.45, 2.75) is 0 Å². The Bertz CT molecular complexity index is 1340. The molecular formula is C22H17N5. The summed E-state index contributed by atoms with van der Waals surface area (Å²) in [6.45, 7) is 0. The van der Waals surface area contributed by atoms with Gasteiger partial charge in [-0.25, -0.2) is 4.99 Å². The number of rotatable bonds is 2. The van der Waals surface area contributed by atoms with Crippen LogP contribution in [0.4, 0.5) is 0 Å². The smallest absolute Gasteiger partial charge is 0.206 e. The summed E-state index contributed by atoms with van der Waals surface area (Å²) in [6.07, 6.45) is 3.06. The number of nitrogens with two attached hydrogens (primary N) is 1. The van der Waals surface area contributed by atoms with Gasteiger partial charge in [0.1, 0.15) is 6.34 Å². The van der Waals surface area contributed by atoms with E-state index >= 15 is 0 Å². The van der Waals surface area contributed by atoms with Crippen LogP contribution in [-0.2, 0) is 0 Å². The lowest BCUT2D eigenvalue weighted by Crippen LogP contribution is -2.22. The van der Waals surface area contributed by atoms with Crippen LogP contribution in [0.1, 0.15) is 0 Å². The molecule has 2 heterocycles. The van der Waals surface area contributed by atoms with Crippen molar-refractivity contribution in [3.8, 4) is 5.69 Å². The van der Waals surface area contributed by atoms with E-state index in [-0.39, 0.29) is 5.96 Å². The normalized spacial score (nSPS) is 12.2. The number of hydrogen-bond acceptors (Lipinski definition) is 1. The third kappa shape index (κ3) is 2.25. The molecule has 2 aromatic heterocycles. The van der Waals surface area contributed by atoms with Gasteiger partial charge in [0, 0.05) is 28.0 Å². The van der Waals surface area contributed by atoms with E-state index < -0.39 is 0 Å². The highest BCUT2D eigenvalue weighted by molar-refractivity contribution is 6.17. The van der Waals surface area contributed by atoms with Gasteiger partial charge in [0.25, 0.3) is 0 Å². The average Bonchev–Trinajstić information content (AvgIpc) is 3.25. The summed E-state index contributed by atoms with van der Waals surface area (Å²) < 4.78 is 4.08. The first-order chi connectivity index (χ1) is 13.3. The maximum Gasteiger partial charge on any atom is 0.206 e. The molecule has 0 aliphatic carbocycles. The number of nitrogens with zero attached hydrogens (tertiary/aromatic N) is 3. The molecule has 0 amide bonds. The summed E-state index contributed by atoms with van der Waals surface area (Å²) in [5, 5.41) is 10.7. The van der Waals surface area contributed by atoms with Gasteiger partial charge in [-0.3, -0.25) is 9.98 Å². The maximum absolute atomic E-state index is 7.29. The average molecular weight is 351 g/mol. The third-order valence-corrected chi connectivity index (χ3v) is 4.94. The van der Waals surface area contributed by atoms with E-state index in [9.17, 15) is 0 Å². The minimum atomic E-state index is 0.286. The van der Waals surface area contributed by atoms with E-state index in [0.717, 1.165) is 44.7 Å². The summed E-state index contributed by atoms with van der Waals surface area (Å²) in [5.74, 6) is 0.286. The molecule has 0 spiro atoms. The summed E-state index contributed by atoms with van der Waals surface area (Å²) in [5.41, 5.74) is 10.4. The van der Waals surface area contributed by atoms with Crippen molar-refractivity contribution >= 4 is 45.0 Å². The molecule has 0 bridgehead atoms. The Kier molecular flexibility index (Phi) is 3.33. The lowest BCUT2D eigenvalue weighted by molar-refractivity contribution is 1.13. The lowest BCUT2D eigenvalue weighted by atomic mass is 10.1. The Balaban J connectivity index is 1.92. The molecule has 0 atom stereocenters. The summed E-state index contributed by atoms with van der Waals surface area (Å²) in [7, 11) is 0. The Morgan fingerprint density at radius 3 is 2.44 bits per heavy atom. The zero-order chi connectivity index (χ0) is 18.4. The van der Waals surface area contributed by atoms with Crippen LogP contribution in [0.5, 0.6) is 0 Å². The zero-order valence-corrected chi connectivity index (χ0v) is 14.5. The van der Waals surface area contributed by atoms with Crippen LogP contribution < -0.4 is 5.73 Å². The van der Waals surface area contributed by atoms with E-state index in [2.05, 4.69) is 52.2 Å². The van der Waals surface area contributed by atoms with E-state index in [1.54, 1.807) is 0 Å². The Morgan fingerprint density at radius 1 is 0.852 bits per heavy atom. The molecule has 0 unspecified atom stereocenters. The van der Waals surface area contributed by atoms with Gasteiger partial charge in [-0.1, -0.05) is 36.4 Å². The SMILES string of the molecule is N=CN=C(N)n1c2ccccc2c2cc3ccn(-c4ccccc4)c3cc21. The molecule has 0 aliphatic rings. The molecule has 5 nitrogen and oxygen atoms in total. The quantitative estimate of drug-likeness (QED) is 0.356. The van der Waals surface area contributed by atoms with Gasteiger partial charge >= 0.3 is 0 Å². The summed E-state index contributed by atoms with van der Waals surface area (Å²) in [4.78, 5) is 4.01. The first-order valence-electron chi connectivity index (χ1n) is 8.70. The number of aliphatic imine (C=N–C) groups is 1. The van der Waals surface area contributed by atoms with Crippen LogP contribution in [0.2, 0.25) is 0 Å². The Labute approximate surface area is 155 Å². The fourth-order valence-electron chi connectivity index (χ4n) is 3.78. The van der Waals surface area contributed by atoms with Gasteiger partial charge in [0.2, 0.25) is 5.96 Å². The van der Waals surface area contributed by atoms with Crippen molar-refractivity contribution in [3.05, 3.63) is 79.0 Å². The molecule has 3 N–H and O–H groups in total. The predicted octanol–water partition coefficient (Wildman–Crippen LogP) is 4.51. The fourth-order valence-corrected chi connectivity index (χ4v) is 3.78. The first kappa shape index (κ1) is 15.4. The summed E-state index contributed by atoms with van der Waals surface area (Å²) >= 11 is 0. The van der Waals surface area contributed by atoms with Crippen molar-refractivity contribution < 1.29 is 0 Å². The third-order valence-electron chi connectivity index (χ3n) is 4.94. The molecule has 0 saturated carbocycles. The number of benzene rings is 3. The van der Waals surface area contributed by atoms with Gasteiger partial charge < -0.3 is 10.3 Å². The Hall–Kier alpha value is -3.86. The minimum Gasteiger partial charge on any atom is -0.369 e. The van der Waals surface area contributed by atoms with E-state index in [0.29, 0.717) is 0 Å². The second-order valence-corrected chi connectivity index (χ2v) is 6.42. The van der Waals surface area contributed by atoms with Crippen LogP contribution in [0.3, 0.4) is 0 Å². The number of para-hydroxylation sites is 2. The molecule has 0 saturated heterocycles. The zero-order valence-electron chi connectivity index (χ0n) is 14.5. The standard InChI is InChI=1S/C22H17N5/c23-14-25-22(24)27-19-9-5-4-8-17(19)18-12-15-10-11-26(20(15)13-21(18)27)16-6-2-1-3-7-16/h1-14H,(H3,23,24,25). The van der Waals surface area contributed by atoms with Gasteiger partial charge in [0.05, 0.1) is 16.6 Å². The lowest BCUT2D eigenvalue weighted by Gasteiger charge is -2.08. The highest BCUT2D eigenvalue weighted by Gasteiger charge is 2.15. The predicted molar refractivity (Wildman–Crippen MR) is 112 cm³/mol. The van der Waals surface area contributed by atoms with Crippen LogP contribution in [0.25, 0.3) is 38.4 Å². The Morgan fingerprint density at radius 2 is 1.63 bits per heavy atom. The number of aromatic nitrogens is 2. The maximum atomic E-state index is 7.29. The van der Waals surface area contributed by atoms with E-state index in [1.807, 2.05) is 41.0 Å². The highest BCUT2D eigenvalue weighted by atomic mass is 15.2. The van der Waals surface area contributed by atoms with Crippen molar-refractivity contribution in [2.24, 2.45) is 10.7 Å². The number of fused-ring (bicyclic) bond motifs is 4. The van der Waals surface area contributed by atoms with Crippen LogP contribution in [-0.4, -0.2) is 21.4 Å². The molecular weight excluding hydrogens is 334 g/mol. The number of nitrogens with one attached hydrogen (secondary N) is 1. The van der Waals surface area contributed by atoms with E-state index in [4.69, 9.17) is 11.1 Å². The molecule has 0 fully saturated rings. The molecule has 130 valence electrons. The molecule has 5 rings (SSSR count).